The molecule has 0 bridgehead atoms. The third-order valence-electron chi connectivity index (χ3n) is 1.95. The number of hydrogen-bond donors (Lipinski definition) is 2. The van der Waals surface area contributed by atoms with Crippen LogP contribution in [0.2, 0.25) is 0 Å². The van der Waals surface area contributed by atoms with Crippen molar-refractivity contribution in [1.29, 1.82) is 0 Å². The summed E-state index contributed by atoms with van der Waals surface area (Å²) in [5.74, 6) is 0. The van der Waals surface area contributed by atoms with Crippen molar-refractivity contribution in [3.05, 3.63) is 24.8 Å². The van der Waals surface area contributed by atoms with Crippen LogP contribution in [0.25, 0.3) is 0 Å². The molecule has 2 atom stereocenters. The van der Waals surface area contributed by atoms with Gasteiger partial charge < -0.3 is 10.6 Å². The minimum atomic E-state index is 0.652. The fourth-order valence-corrected chi connectivity index (χ4v) is 1.37. The van der Waals surface area contributed by atoms with Gasteiger partial charge in [0.1, 0.15) is 6.33 Å². The Kier molecular flexibility index (Phi) is 5.11. The lowest BCUT2D eigenvalue weighted by atomic mass is 10.2. The molecule has 0 spiro atoms. The monoisotopic (exact) mass is 194 g/mol. The summed E-state index contributed by atoms with van der Waals surface area (Å²) in [6.45, 7) is 6.62. The smallest absolute Gasteiger partial charge is 0.115 e. The quantitative estimate of drug-likeness (QED) is 0.629. The first-order valence-electron chi connectivity index (χ1n) is 4.96. The number of aromatic nitrogens is 2. The van der Waals surface area contributed by atoms with Crippen molar-refractivity contribution in [1.82, 2.24) is 20.6 Å². The van der Waals surface area contributed by atoms with Crippen molar-refractivity contribution in [2.24, 2.45) is 0 Å². The number of piperazine rings is 1. The number of rotatable bonds is 0. The van der Waals surface area contributed by atoms with E-state index in [1.165, 1.54) is 6.33 Å². The molecule has 1 aromatic rings. The molecule has 4 nitrogen and oxygen atoms in total. The highest BCUT2D eigenvalue weighted by atomic mass is 15.1. The fraction of sp³-hybridized carbons (Fsp3) is 0.600. The van der Waals surface area contributed by atoms with Crippen molar-refractivity contribution in [2.75, 3.05) is 13.1 Å². The topological polar surface area (TPSA) is 49.8 Å². The molecule has 0 saturated carbocycles. The van der Waals surface area contributed by atoms with Gasteiger partial charge >= 0.3 is 0 Å². The molecule has 2 heterocycles. The molecule has 1 aliphatic rings. The summed E-state index contributed by atoms with van der Waals surface area (Å²) in [5, 5.41) is 6.74. The van der Waals surface area contributed by atoms with Crippen molar-refractivity contribution >= 4 is 0 Å². The molecule has 0 radical (unpaired) electrons. The van der Waals surface area contributed by atoms with Gasteiger partial charge in [-0.1, -0.05) is 0 Å². The molecule has 0 aliphatic carbocycles. The van der Waals surface area contributed by atoms with Gasteiger partial charge in [-0.15, -0.1) is 0 Å². The minimum Gasteiger partial charge on any atom is -0.314 e. The van der Waals surface area contributed by atoms with Gasteiger partial charge in [0.15, 0.2) is 0 Å². The molecular formula is C10H18N4. The Morgan fingerprint density at radius 1 is 1.07 bits per heavy atom. The van der Waals surface area contributed by atoms with Gasteiger partial charge in [0.25, 0.3) is 0 Å². The Morgan fingerprint density at radius 2 is 1.64 bits per heavy atom. The van der Waals surface area contributed by atoms with E-state index in [2.05, 4.69) is 34.4 Å². The Labute approximate surface area is 85.2 Å². The van der Waals surface area contributed by atoms with E-state index in [0.717, 1.165) is 13.1 Å². The van der Waals surface area contributed by atoms with Gasteiger partial charge in [-0.25, -0.2) is 9.97 Å². The number of nitrogens with one attached hydrogen (secondary N) is 2. The Balaban J connectivity index is 0.000000146. The Morgan fingerprint density at radius 3 is 1.86 bits per heavy atom. The summed E-state index contributed by atoms with van der Waals surface area (Å²) < 4.78 is 0. The van der Waals surface area contributed by atoms with E-state index in [9.17, 15) is 0 Å². The molecule has 1 aromatic heterocycles. The van der Waals surface area contributed by atoms with E-state index < -0.39 is 0 Å². The third kappa shape index (κ3) is 4.89. The highest BCUT2D eigenvalue weighted by molar-refractivity contribution is 4.76. The van der Waals surface area contributed by atoms with Gasteiger partial charge in [-0.3, -0.25) is 0 Å². The zero-order valence-corrected chi connectivity index (χ0v) is 8.77. The van der Waals surface area contributed by atoms with Gasteiger partial charge in [0.2, 0.25) is 0 Å². The van der Waals surface area contributed by atoms with Crippen LogP contribution >= 0.6 is 0 Å². The number of hydrogen-bond acceptors (Lipinski definition) is 4. The van der Waals surface area contributed by atoms with E-state index in [4.69, 9.17) is 0 Å². The van der Waals surface area contributed by atoms with Crippen LogP contribution in [0, 0.1) is 0 Å². The second-order valence-corrected chi connectivity index (χ2v) is 3.53. The SMILES string of the molecule is CC1CNCC(C)N1.c1cncnc1. The molecule has 4 heteroatoms. The predicted octanol–water partition coefficient (Wildman–Crippen LogP) is 0.433. The van der Waals surface area contributed by atoms with E-state index in [1.807, 2.05) is 0 Å². The lowest BCUT2D eigenvalue weighted by molar-refractivity contribution is 0.370. The average Bonchev–Trinajstić information content (AvgIpc) is 2.21. The highest BCUT2D eigenvalue weighted by Gasteiger charge is 2.11. The van der Waals surface area contributed by atoms with Crippen LogP contribution in [0.3, 0.4) is 0 Å². The normalized spacial score (nSPS) is 26.1. The van der Waals surface area contributed by atoms with Gasteiger partial charge in [-0.05, 0) is 19.9 Å². The molecule has 2 N–H and O–H groups in total. The van der Waals surface area contributed by atoms with Crippen LogP contribution in [0.15, 0.2) is 24.8 Å². The largest absolute Gasteiger partial charge is 0.314 e. The maximum Gasteiger partial charge on any atom is 0.115 e. The second-order valence-electron chi connectivity index (χ2n) is 3.53. The summed E-state index contributed by atoms with van der Waals surface area (Å²) in [5.41, 5.74) is 0. The molecule has 0 amide bonds. The minimum absolute atomic E-state index is 0.652. The summed E-state index contributed by atoms with van der Waals surface area (Å²) in [6, 6.07) is 3.08. The fourth-order valence-electron chi connectivity index (χ4n) is 1.37. The molecule has 2 unspecified atom stereocenters. The first-order chi connectivity index (χ1) is 6.79. The van der Waals surface area contributed by atoms with Gasteiger partial charge in [0.05, 0.1) is 0 Å². The molecule has 2 rings (SSSR count). The van der Waals surface area contributed by atoms with Crippen LogP contribution in [0.5, 0.6) is 0 Å². The van der Waals surface area contributed by atoms with Crippen LogP contribution in [-0.4, -0.2) is 35.1 Å². The maximum absolute atomic E-state index is 3.67. The lowest BCUT2D eigenvalue weighted by Gasteiger charge is -2.26. The van der Waals surface area contributed by atoms with E-state index >= 15 is 0 Å². The predicted molar refractivity (Wildman–Crippen MR) is 57.0 cm³/mol. The summed E-state index contributed by atoms with van der Waals surface area (Å²) in [7, 11) is 0. The first-order valence-corrected chi connectivity index (χ1v) is 4.96. The van der Waals surface area contributed by atoms with Crippen LogP contribution in [-0.2, 0) is 0 Å². The van der Waals surface area contributed by atoms with Crippen molar-refractivity contribution in [3.8, 4) is 0 Å². The molecular weight excluding hydrogens is 176 g/mol. The molecule has 14 heavy (non-hydrogen) atoms. The average molecular weight is 194 g/mol. The molecule has 1 aliphatic heterocycles. The Bertz CT molecular complexity index is 192. The van der Waals surface area contributed by atoms with Crippen LogP contribution < -0.4 is 10.6 Å². The molecule has 1 saturated heterocycles. The maximum atomic E-state index is 3.67. The molecule has 1 fully saturated rings. The van der Waals surface area contributed by atoms with E-state index in [-0.39, 0.29) is 0 Å². The summed E-state index contributed by atoms with van der Waals surface area (Å²) in [4.78, 5) is 7.35. The lowest BCUT2D eigenvalue weighted by Crippen LogP contribution is -2.52. The van der Waals surface area contributed by atoms with E-state index in [1.54, 1.807) is 18.5 Å². The molecule has 0 aromatic carbocycles. The van der Waals surface area contributed by atoms with Crippen molar-refractivity contribution in [3.63, 3.8) is 0 Å². The Hall–Kier alpha value is -1.00. The third-order valence-corrected chi connectivity index (χ3v) is 1.95. The van der Waals surface area contributed by atoms with Gasteiger partial charge in [0, 0.05) is 37.6 Å². The highest BCUT2D eigenvalue weighted by Crippen LogP contribution is 1.90. The van der Waals surface area contributed by atoms with Crippen LogP contribution in [0.4, 0.5) is 0 Å². The van der Waals surface area contributed by atoms with Crippen LogP contribution in [0.1, 0.15) is 13.8 Å². The van der Waals surface area contributed by atoms with Gasteiger partial charge in [-0.2, -0.15) is 0 Å². The first kappa shape index (κ1) is 11.1. The van der Waals surface area contributed by atoms with Crippen molar-refractivity contribution < 1.29 is 0 Å². The van der Waals surface area contributed by atoms with E-state index in [0.29, 0.717) is 12.1 Å². The molecule has 78 valence electrons. The second kappa shape index (κ2) is 6.45. The standard InChI is InChI=1S/C6H14N2.C4H4N2/c1-5-3-7-4-6(2)8-5;1-2-5-4-6-3-1/h5-8H,3-4H2,1-2H3;1-4H. The zero-order chi connectivity index (χ0) is 10.2. The zero-order valence-electron chi connectivity index (χ0n) is 8.77. The summed E-state index contributed by atoms with van der Waals surface area (Å²) in [6.07, 6.45) is 4.88. The summed E-state index contributed by atoms with van der Waals surface area (Å²) >= 11 is 0. The number of nitrogens with zero attached hydrogens (tertiary/aromatic N) is 2. The van der Waals surface area contributed by atoms with Crippen molar-refractivity contribution in [2.45, 2.75) is 25.9 Å².